The highest BCUT2D eigenvalue weighted by Crippen LogP contribution is 2.42. The van der Waals surface area contributed by atoms with Gasteiger partial charge in [-0.15, -0.1) is 0 Å². The Morgan fingerprint density at radius 2 is 0.667 bits per heavy atom. The second-order valence-electron chi connectivity index (χ2n) is 31.6. The van der Waals surface area contributed by atoms with E-state index in [1.54, 1.807) is 55.4 Å². The summed E-state index contributed by atoms with van der Waals surface area (Å²) in [6.07, 6.45) is 7.19. The van der Waals surface area contributed by atoms with Crippen molar-refractivity contribution in [2.75, 3.05) is 113 Å². The van der Waals surface area contributed by atoms with Crippen molar-refractivity contribution < 1.29 is 67.0 Å². The average Bonchev–Trinajstić information content (AvgIpc) is 0.813. The number of carbonyl (C=O) groups is 12. The lowest BCUT2D eigenvalue weighted by Crippen LogP contribution is -2.43. The molecule has 0 rings (SSSR count). The number of hydrogen-bond donors (Lipinski definition) is 11. The maximum Gasteiger partial charge on any atom is 0.223 e. The highest BCUT2D eigenvalue weighted by molar-refractivity contribution is 5.96. The first-order valence-electron chi connectivity index (χ1n) is 38.4. The first kappa shape index (κ1) is 96.4. The smallest absolute Gasteiger partial charge is 0.223 e. The quantitative estimate of drug-likeness (QED) is 0.0275. The fraction of sp³-hybridized carbons (Fsp3) is 0.844. The van der Waals surface area contributed by atoms with Crippen LogP contribution in [0.1, 0.15) is 245 Å². The summed E-state index contributed by atoms with van der Waals surface area (Å²) in [6, 6.07) is 0. The van der Waals surface area contributed by atoms with E-state index in [4.69, 9.17) is 20.9 Å². The highest BCUT2D eigenvalue weighted by Gasteiger charge is 2.46. The summed E-state index contributed by atoms with van der Waals surface area (Å²) >= 11 is 0. The third-order valence-electron chi connectivity index (χ3n) is 19.4. The number of Topliss-reactive ketones (excluding diaryl/α,β-unsaturated/α-hetero) is 5. The van der Waals surface area contributed by atoms with Gasteiger partial charge in [-0.3, -0.25) is 57.5 Å². The first-order chi connectivity index (χ1) is 48.0. The highest BCUT2D eigenvalue weighted by atomic mass is 16.5. The topological polar surface area (TPSA) is 384 Å². The van der Waals surface area contributed by atoms with E-state index in [1.165, 1.54) is 14.2 Å². The molecule has 13 N–H and O–H groups in total. The molecule has 0 aliphatic carbocycles. The Kier molecular flexibility index (Phi) is 49.5. The normalized spacial score (nSPS) is 13.9. The molecule has 0 spiro atoms. The first-order valence-corrected chi connectivity index (χ1v) is 38.4. The molecule has 6 unspecified atom stereocenters. The fourth-order valence-corrected chi connectivity index (χ4v) is 13.1. The van der Waals surface area contributed by atoms with Crippen LogP contribution in [0.15, 0.2) is 0 Å². The minimum atomic E-state index is -1.36. The van der Waals surface area contributed by atoms with E-state index in [0.717, 1.165) is 57.8 Å². The monoisotopic (exact) mass is 1450 g/mol. The third-order valence-corrected chi connectivity index (χ3v) is 19.4. The van der Waals surface area contributed by atoms with Crippen LogP contribution in [0.4, 0.5) is 0 Å². The van der Waals surface area contributed by atoms with Gasteiger partial charge in [0.05, 0.1) is 13.2 Å². The number of carbonyl (C=O) groups excluding carboxylic acids is 12. The van der Waals surface area contributed by atoms with Gasteiger partial charge >= 0.3 is 0 Å². The lowest BCUT2D eigenvalue weighted by Gasteiger charge is -2.36. The largest absolute Gasteiger partial charge is 0.383 e. The number of methoxy groups -OCH3 is 2. The van der Waals surface area contributed by atoms with E-state index in [0.29, 0.717) is 84.9 Å². The molecule has 0 saturated heterocycles. The van der Waals surface area contributed by atoms with E-state index in [-0.39, 0.29) is 156 Å². The van der Waals surface area contributed by atoms with Crippen LogP contribution in [0.5, 0.6) is 0 Å². The van der Waals surface area contributed by atoms with Crippen molar-refractivity contribution in [1.82, 2.24) is 47.9 Å². The minimum Gasteiger partial charge on any atom is -0.383 e. The zero-order chi connectivity index (χ0) is 77.5. The predicted molar refractivity (Wildman–Crippen MR) is 402 cm³/mol. The van der Waals surface area contributed by atoms with Crippen molar-refractivity contribution in [3.8, 4) is 0 Å². The predicted octanol–water partition coefficient (Wildman–Crippen LogP) is 6.91. The van der Waals surface area contributed by atoms with Gasteiger partial charge in [-0.2, -0.15) is 0 Å². The van der Waals surface area contributed by atoms with Crippen molar-refractivity contribution in [1.29, 1.82) is 0 Å². The molecule has 0 aromatic carbocycles. The van der Waals surface area contributed by atoms with Gasteiger partial charge in [-0.1, -0.05) is 142 Å². The SMILES string of the molecule is CCCCCCNC(=O)CC(CC(C)(C)C(=O)CC(CC(C)(C)C(=O)C(CC(=O)NCCOC)CC(C)(C)C(=O)CC(CC)C(=O)NCCOC)C(=O)NCCCCCC)C(=O)CC(C)(C)CC(CC(=O)C(C)(C)CC(CC(=O)NCCNCCN)C(=O)NCCCC)C(=O)NCCNCCN. The summed E-state index contributed by atoms with van der Waals surface area (Å²) in [5.41, 5.74) is 5.24. The summed E-state index contributed by atoms with van der Waals surface area (Å²) in [7, 11) is 3.02. The molecule has 0 aromatic heterocycles. The fourth-order valence-electron chi connectivity index (χ4n) is 13.1. The molecular formula is C77H143N11O14. The zero-order valence-electron chi connectivity index (χ0n) is 66.2. The van der Waals surface area contributed by atoms with Gasteiger partial charge in [0.25, 0.3) is 0 Å². The molecule has 0 aliphatic heterocycles. The van der Waals surface area contributed by atoms with Gasteiger partial charge in [0.1, 0.15) is 28.9 Å². The number of amides is 7. The average molecular weight is 1450 g/mol. The maximum absolute atomic E-state index is 15.3. The zero-order valence-corrected chi connectivity index (χ0v) is 66.2. The Morgan fingerprint density at radius 3 is 1.13 bits per heavy atom. The van der Waals surface area contributed by atoms with Crippen LogP contribution in [0, 0.1) is 62.6 Å². The van der Waals surface area contributed by atoms with Crippen LogP contribution in [0.2, 0.25) is 0 Å². The number of rotatable bonds is 64. The molecule has 0 heterocycles. The van der Waals surface area contributed by atoms with E-state index in [9.17, 15) is 43.2 Å². The number of hydrogen-bond acceptors (Lipinski definition) is 18. The lowest BCUT2D eigenvalue weighted by atomic mass is 9.67. The second kappa shape index (κ2) is 52.4. The summed E-state index contributed by atoms with van der Waals surface area (Å²) < 4.78 is 10.2. The van der Waals surface area contributed by atoms with Gasteiger partial charge in [-0.25, -0.2) is 0 Å². The number of unbranched alkanes of at least 4 members (excludes halogenated alkanes) is 7. The van der Waals surface area contributed by atoms with Crippen LogP contribution in [0.25, 0.3) is 0 Å². The van der Waals surface area contributed by atoms with Crippen molar-refractivity contribution in [2.45, 2.75) is 245 Å². The maximum atomic E-state index is 15.3. The molecule has 6 atom stereocenters. The molecule has 0 fully saturated rings. The molecule has 590 valence electrons. The number of ketones is 5. The molecular weight excluding hydrogens is 1300 g/mol. The van der Waals surface area contributed by atoms with Crippen LogP contribution in [-0.4, -0.2) is 183 Å². The minimum absolute atomic E-state index is 0.0118. The number of nitrogens with two attached hydrogens (primary N) is 2. The Labute approximate surface area is 613 Å². The van der Waals surface area contributed by atoms with E-state index in [1.807, 2.05) is 27.7 Å². The van der Waals surface area contributed by atoms with Crippen molar-refractivity contribution in [2.24, 2.45) is 74.0 Å². The lowest BCUT2D eigenvalue weighted by molar-refractivity contribution is -0.141. The number of nitrogens with one attached hydrogen (secondary N) is 9. The summed E-state index contributed by atoms with van der Waals surface area (Å²) in [5, 5.41) is 26.7. The summed E-state index contributed by atoms with van der Waals surface area (Å²) in [5.74, 6) is -9.99. The van der Waals surface area contributed by atoms with Gasteiger partial charge in [0.2, 0.25) is 41.4 Å². The van der Waals surface area contributed by atoms with Crippen LogP contribution in [-0.2, 0) is 67.0 Å². The van der Waals surface area contributed by atoms with Gasteiger partial charge in [-0.05, 0) is 63.2 Å². The van der Waals surface area contributed by atoms with Gasteiger partial charge < -0.3 is 68.8 Å². The van der Waals surface area contributed by atoms with E-state index in [2.05, 4.69) is 61.7 Å². The molecule has 0 aromatic rings. The molecule has 0 saturated carbocycles. The Bertz CT molecular complexity index is 2540. The Hall–Kier alpha value is -5.60. The molecule has 0 aliphatic rings. The standard InChI is InChI=1S/C77H143N11O14/c1-17-21-24-26-31-82-65(93)46-56(61(89)54-73(5,6)49-58(70(98)87-38-36-81-34-29-79)44-63(91)76(11,12)52-60(72(100)85-30-23-19-3)48-67(95)83-37-35-80-33-28-78)50-74(7,8)64(92)45-59(71(99)86-32-27-25-22-18-2)53-77(13,14)68(96)57(47-66(94)84-39-41-101-15)51-75(9,10)62(90)43-55(20-4)69(97)88-40-42-102-16/h55-60,80-81H,17-54,78-79H2,1-16H3,(H,82,93)(H,83,95)(H,84,94)(H,85,100)(H,86,99)(H,87,98)(H,88,97). The molecule has 25 nitrogen and oxygen atoms in total. The van der Waals surface area contributed by atoms with Crippen molar-refractivity contribution in [3.63, 3.8) is 0 Å². The molecule has 7 amide bonds. The summed E-state index contributed by atoms with van der Waals surface area (Å²) in [6.45, 7) is 30.5. The number of ether oxygens (including phenoxy) is 2. The molecule has 0 radical (unpaired) electrons. The van der Waals surface area contributed by atoms with E-state index < -0.39 is 80.3 Å². The molecule has 102 heavy (non-hydrogen) atoms. The van der Waals surface area contributed by atoms with Crippen molar-refractivity contribution >= 4 is 70.3 Å². The van der Waals surface area contributed by atoms with Crippen LogP contribution >= 0.6 is 0 Å². The van der Waals surface area contributed by atoms with Crippen LogP contribution < -0.4 is 59.3 Å². The Morgan fingerprint density at radius 1 is 0.333 bits per heavy atom. The van der Waals surface area contributed by atoms with Crippen molar-refractivity contribution in [3.05, 3.63) is 0 Å². The summed E-state index contributed by atoms with van der Waals surface area (Å²) in [4.78, 5) is 172. The van der Waals surface area contributed by atoms with Gasteiger partial charge in [0.15, 0.2) is 0 Å². The van der Waals surface area contributed by atoms with Crippen LogP contribution in [0.3, 0.4) is 0 Å². The van der Waals surface area contributed by atoms with Gasteiger partial charge in [0, 0.05) is 201 Å². The Balaban J connectivity index is 7.61. The third kappa shape index (κ3) is 41.2. The van der Waals surface area contributed by atoms with E-state index >= 15 is 14.4 Å². The second-order valence-corrected chi connectivity index (χ2v) is 31.6. The molecule has 0 bridgehead atoms. The molecule has 25 heteroatoms.